The van der Waals surface area contributed by atoms with Gasteiger partial charge < -0.3 is 25.6 Å². The molecule has 1 atom stereocenters. The molecule has 0 aliphatic carbocycles. The third-order valence-corrected chi connectivity index (χ3v) is 2.33. The van der Waals surface area contributed by atoms with Crippen molar-refractivity contribution in [2.24, 2.45) is 0 Å². The van der Waals surface area contributed by atoms with Crippen molar-refractivity contribution in [2.75, 3.05) is 13.7 Å². The number of rotatable bonds is 6. The lowest BCUT2D eigenvalue weighted by atomic mass is 10.2. The highest BCUT2D eigenvalue weighted by molar-refractivity contribution is 5.76. The van der Waals surface area contributed by atoms with Gasteiger partial charge in [0.05, 0.1) is 13.7 Å². The van der Waals surface area contributed by atoms with Crippen molar-refractivity contribution in [1.29, 1.82) is 0 Å². The van der Waals surface area contributed by atoms with Crippen molar-refractivity contribution < 1.29 is 24.5 Å². The summed E-state index contributed by atoms with van der Waals surface area (Å²) in [5, 5.41) is 22.2. The van der Waals surface area contributed by atoms with E-state index in [0.717, 1.165) is 5.56 Å². The maximum Gasteiger partial charge on any atom is 0.334 e. The predicted molar refractivity (Wildman–Crippen MR) is 66.9 cm³/mol. The molecule has 1 rings (SSSR count). The molecule has 1 aromatic rings. The van der Waals surface area contributed by atoms with Crippen molar-refractivity contribution in [3.63, 3.8) is 0 Å². The first-order chi connectivity index (χ1) is 9.02. The number of aliphatic hydroxyl groups is 1. The Morgan fingerprint density at radius 2 is 2.11 bits per heavy atom. The number of carbonyl (C=O) groups is 2. The third-order valence-electron chi connectivity index (χ3n) is 2.33. The van der Waals surface area contributed by atoms with E-state index in [9.17, 15) is 9.59 Å². The Morgan fingerprint density at radius 1 is 1.37 bits per heavy atom. The summed E-state index contributed by atoms with van der Waals surface area (Å²) in [7, 11) is 1.55. The maximum absolute atomic E-state index is 11.3. The topological polar surface area (TPSA) is 108 Å². The number of nitrogens with one attached hydrogen (secondary N) is 2. The predicted octanol–water partition coefficient (Wildman–Crippen LogP) is -0.0601. The lowest BCUT2D eigenvalue weighted by Gasteiger charge is -2.10. The maximum atomic E-state index is 11.3. The molecule has 2 amide bonds. The number of ether oxygens (including phenoxy) is 1. The van der Waals surface area contributed by atoms with Gasteiger partial charge in [0.2, 0.25) is 0 Å². The van der Waals surface area contributed by atoms with Crippen LogP contribution in [0, 0.1) is 0 Å². The highest BCUT2D eigenvalue weighted by atomic mass is 16.5. The first kappa shape index (κ1) is 14.8. The van der Waals surface area contributed by atoms with E-state index in [4.69, 9.17) is 14.9 Å². The number of hydrogen-bond donors (Lipinski definition) is 4. The molecule has 0 fully saturated rings. The van der Waals surface area contributed by atoms with E-state index >= 15 is 0 Å². The van der Waals surface area contributed by atoms with Gasteiger partial charge in [0, 0.05) is 6.54 Å². The minimum absolute atomic E-state index is 0.270. The monoisotopic (exact) mass is 268 g/mol. The fourth-order valence-electron chi connectivity index (χ4n) is 1.30. The van der Waals surface area contributed by atoms with E-state index in [1.165, 1.54) is 0 Å². The SMILES string of the molecule is COc1cccc(CNC(=O)NCC(O)C(=O)O)c1. The Morgan fingerprint density at radius 3 is 2.74 bits per heavy atom. The molecule has 1 aromatic carbocycles. The number of benzene rings is 1. The van der Waals surface area contributed by atoms with E-state index in [2.05, 4.69) is 10.6 Å². The average Bonchev–Trinajstić information content (AvgIpc) is 2.42. The fraction of sp³-hybridized carbons (Fsp3) is 0.333. The summed E-state index contributed by atoms with van der Waals surface area (Å²) in [5.41, 5.74) is 0.841. The third kappa shape index (κ3) is 5.26. The van der Waals surface area contributed by atoms with Crippen molar-refractivity contribution in [3.8, 4) is 5.75 Å². The second-order valence-electron chi connectivity index (χ2n) is 3.77. The Hall–Kier alpha value is -2.28. The molecule has 4 N–H and O–H groups in total. The van der Waals surface area contributed by atoms with Crippen LogP contribution >= 0.6 is 0 Å². The molecule has 7 heteroatoms. The number of hydrogen-bond acceptors (Lipinski definition) is 4. The zero-order valence-corrected chi connectivity index (χ0v) is 10.4. The number of carboxylic acids is 1. The molecule has 0 aliphatic heterocycles. The molecule has 0 spiro atoms. The molecule has 0 aliphatic rings. The largest absolute Gasteiger partial charge is 0.497 e. The minimum Gasteiger partial charge on any atom is -0.497 e. The van der Waals surface area contributed by atoms with Crippen LogP contribution in [0.3, 0.4) is 0 Å². The Kier molecular flexibility index (Phi) is 5.62. The highest BCUT2D eigenvalue weighted by Gasteiger charge is 2.13. The molecule has 104 valence electrons. The molecule has 0 aromatic heterocycles. The summed E-state index contributed by atoms with van der Waals surface area (Å²) in [6.07, 6.45) is -1.61. The van der Waals surface area contributed by atoms with Gasteiger partial charge in [-0.25, -0.2) is 9.59 Å². The normalized spacial score (nSPS) is 11.5. The van der Waals surface area contributed by atoms with E-state index in [1.807, 2.05) is 6.07 Å². The molecule has 19 heavy (non-hydrogen) atoms. The lowest BCUT2D eigenvalue weighted by molar-refractivity contribution is -0.146. The summed E-state index contributed by atoms with van der Waals surface area (Å²) in [4.78, 5) is 21.7. The van der Waals surface area contributed by atoms with Crippen LogP contribution in [0.2, 0.25) is 0 Å². The molecular formula is C12H16N2O5. The van der Waals surface area contributed by atoms with Crippen LogP contribution in [0.15, 0.2) is 24.3 Å². The number of methoxy groups -OCH3 is 1. The molecule has 0 saturated heterocycles. The molecule has 0 bridgehead atoms. The molecular weight excluding hydrogens is 252 g/mol. The van der Waals surface area contributed by atoms with Gasteiger partial charge in [-0.05, 0) is 17.7 Å². The van der Waals surface area contributed by atoms with Gasteiger partial charge in [0.25, 0.3) is 0 Å². The van der Waals surface area contributed by atoms with E-state index in [1.54, 1.807) is 25.3 Å². The standard InChI is InChI=1S/C12H16N2O5/c1-19-9-4-2-3-8(5-9)6-13-12(18)14-7-10(15)11(16)17/h2-5,10,15H,6-7H2,1H3,(H,16,17)(H2,13,14,18). The van der Waals surface area contributed by atoms with E-state index in [0.29, 0.717) is 5.75 Å². The number of carboxylic acid groups (broad SMARTS) is 1. The van der Waals surface area contributed by atoms with Crippen molar-refractivity contribution >= 4 is 12.0 Å². The molecule has 0 heterocycles. The van der Waals surface area contributed by atoms with Crippen LogP contribution in [0.25, 0.3) is 0 Å². The minimum atomic E-state index is -1.61. The van der Waals surface area contributed by atoms with Gasteiger partial charge in [0.15, 0.2) is 6.10 Å². The molecule has 0 radical (unpaired) electrons. The van der Waals surface area contributed by atoms with Crippen LogP contribution in [-0.2, 0) is 11.3 Å². The number of aliphatic carboxylic acids is 1. The van der Waals surface area contributed by atoms with Crippen LogP contribution in [-0.4, -0.2) is 42.0 Å². The fourth-order valence-corrected chi connectivity index (χ4v) is 1.30. The Labute approximate surface area is 110 Å². The summed E-state index contributed by atoms with van der Waals surface area (Å²) in [6, 6.07) is 6.61. The summed E-state index contributed by atoms with van der Waals surface area (Å²) < 4.78 is 5.04. The van der Waals surface area contributed by atoms with Crippen LogP contribution < -0.4 is 15.4 Å². The van der Waals surface area contributed by atoms with Crippen molar-refractivity contribution in [1.82, 2.24) is 10.6 Å². The number of urea groups is 1. The second kappa shape index (κ2) is 7.22. The molecule has 0 saturated carbocycles. The molecule has 7 nitrogen and oxygen atoms in total. The van der Waals surface area contributed by atoms with Crippen LogP contribution in [0.5, 0.6) is 5.75 Å². The van der Waals surface area contributed by atoms with Gasteiger partial charge in [-0.2, -0.15) is 0 Å². The molecule has 1 unspecified atom stereocenters. The zero-order chi connectivity index (χ0) is 14.3. The second-order valence-corrected chi connectivity index (χ2v) is 3.77. The van der Waals surface area contributed by atoms with Crippen LogP contribution in [0.4, 0.5) is 4.79 Å². The van der Waals surface area contributed by atoms with Gasteiger partial charge in [-0.1, -0.05) is 12.1 Å². The smallest absolute Gasteiger partial charge is 0.334 e. The number of carbonyl (C=O) groups excluding carboxylic acids is 1. The van der Waals surface area contributed by atoms with Crippen molar-refractivity contribution in [2.45, 2.75) is 12.6 Å². The highest BCUT2D eigenvalue weighted by Crippen LogP contribution is 2.11. The summed E-state index contributed by atoms with van der Waals surface area (Å²) >= 11 is 0. The Bertz CT molecular complexity index is 450. The van der Waals surface area contributed by atoms with Crippen molar-refractivity contribution in [3.05, 3.63) is 29.8 Å². The first-order valence-corrected chi connectivity index (χ1v) is 5.58. The van der Waals surface area contributed by atoms with E-state index < -0.39 is 18.1 Å². The zero-order valence-electron chi connectivity index (χ0n) is 10.4. The van der Waals surface area contributed by atoms with Gasteiger partial charge >= 0.3 is 12.0 Å². The Balaban J connectivity index is 2.35. The van der Waals surface area contributed by atoms with E-state index in [-0.39, 0.29) is 13.1 Å². The number of aliphatic hydroxyl groups excluding tert-OH is 1. The van der Waals surface area contributed by atoms with Gasteiger partial charge in [0.1, 0.15) is 5.75 Å². The van der Waals surface area contributed by atoms with Gasteiger partial charge in [-0.3, -0.25) is 0 Å². The lowest BCUT2D eigenvalue weighted by Crippen LogP contribution is -2.41. The number of amides is 2. The quantitative estimate of drug-likeness (QED) is 0.578. The summed E-state index contributed by atoms with van der Waals surface area (Å²) in [6.45, 7) is -0.0779. The summed E-state index contributed by atoms with van der Waals surface area (Å²) in [5.74, 6) is -0.700. The van der Waals surface area contributed by atoms with Gasteiger partial charge in [-0.15, -0.1) is 0 Å². The average molecular weight is 268 g/mol. The van der Waals surface area contributed by atoms with Crippen LogP contribution in [0.1, 0.15) is 5.56 Å². The first-order valence-electron chi connectivity index (χ1n) is 5.58.